The normalized spacial score (nSPS) is 26.4. The van der Waals surface area contributed by atoms with E-state index in [2.05, 4.69) is 15.4 Å². The minimum absolute atomic E-state index is 0.0211. The lowest BCUT2D eigenvalue weighted by molar-refractivity contribution is -0.384. The molecule has 2 aromatic carbocycles. The molecule has 5 aliphatic rings. The fraction of sp³-hybridized carbons (Fsp3) is 0.600. The van der Waals surface area contributed by atoms with Crippen LogP contribution in [0.2, 0.25) is 0 Å². The van der Waals surface area contributed by atoms with Crippen LogP contribution in [0.1, 0.15) is 89.0 Å². The summed E-state index contributed by atoms with van der Waals surface area (Å²) in [6.07, 6.45) is 12.6. The number of anilines is 1. The topological polar surface area (TPSA) is 148 Å². The predicted octanol–water partition coefficient (Wildman–Crippen LogP) is 6.12. The first-order valence-corrected chi connectivity index (χ1v) is 18.4. The number of nitro benzene ring substituents is 1. The van der Waals surface area contributed by atoms with Gasteiger partial charge in [0.2, 0.25) is 5.91 Å². The molecule has 7 rings (SSSR count). The standard InChI is InChI=1S/C35H46N4O6S/c40-33(21-35-18-26-13-27(19-35)15-28(14-26)20-35)31(37-23-25-9-5-2-6-10-25)17-34(41)38-46(44,45)29-11-12-30(32(16-29)39(42)43)36-22-24-7-3-1-4-8-24/h2,5-6,9-12,16,24,26-28,31,36-37H,1,3-4,7-8,13-15,17-23H2,(H,38,41). The number of hydrogen-bond donors (Lipinski definition) is 3. The van der Waals surface area contributed by atoms with Gasteiger partial charge in [0.1, 0.15) is 5.69 Å². The van der Waals surface area contributed by atoms with Gasteiger partial charge in [0, 0.05) is 25.6 Å². The molecule has 1 atom stereocenters. The third kappa shape index (κ3) is 7.79. The van der Waals surface area contributed by atoms with E-state index >= 15 is 0 Å². The van der Waals surface area contributed by atoms with Gasteiger partial charge in [0.15, 0.2) is 5.78 Å². The molecule has 4 bridgehead atoms. The molecule has 1 amide bonds. The quantitative estimate of drug-likeness (QED) is 0.164. The number of hydrogen-bond acceptors (Lipinski definition) is 8. The van der Waals surface area contributed by atoms with Gasteiger partial charge in [-0.1, -0.05) is 49.6 Å². The second kappa shape index (κ2) is 13.8. The maximum absolute atomic E-state index is 13.9. The van der Waals surface area contributed by atoms with Crippen molar-refractivity contribution in [3.8, 4) is 0 Å². The van der Waals surface area contributed by atoms with Crippen LogP contribution in [-0.2, 0) is 26.2 Å². The van der Waals surface area contributed by atoms with Gasteiger partial charge in [0.05, 0.1) is 22.3 Å². The van der Waals surface area contributed by atoms with Crippen LogP contribution in [0.3, 0.4) is 0 Å². The van der Waals surface area contributed by atoms with E-state index in [0.29, 0.717) is 43.2 Å². The second-order valence-corrected chi connectivity index (χ2v) is 16.2. The van der Waals surface area contributed by atoms with Crippen molar-refractivity contribution in [2.24, 2.45) is 29.1 Å². The summed E-state index contributed by atoms with van der Waals surface area (Å²) in [5.74, 6) is 1.58. The molecule has 0 saturated heterocycles. The van der Waals surface area contributed by atoms with E-state index in [4.69, 9.17) is 0 Å². The zero-order valence-corrected chi connectivity index (χ0v) is 27.2. The average Bonchev–Trinajstić information content (AvgIpc) is 3.01. The van der Waals surface area contributed by atoms with Gasteiger partial charge in [-0.3, -0.25) is 19.7 Å². The van der Waals surface area contributed by atoms with Crippen LogP contribution < -0.4 is 15.4 Å². The number of nitrogens with one attached hydrogen (secondary N) is 3. The van der Waals surface area contributed by atoms with E-state index in [1.807, 2.05) is 30.3 Å². The van der Waals surface area contributed by atoms with Crippen LogP contribution in [0.4, 0.5) is 11.4 Å². The largest absolute Gasteiger partial charge is 0.379 e. The molecule has 0 aliphatic heterocycles. The zero-order valence-electron chi connectivity index (χ0n) is 26.4. The highest BCUT2D eigenvalue weighted by molar-refractivity contribution is 7.90. The lowest BCUT2D eigenvalue weighted by atomic mass is 9.48. The van der Waals surface area contributed by atoms with Crippen molar-refractivity contribution in [1.82, 2.24) is 10.0 Å². The number of amides is 1. The van der Waals surface area contributed by atoms with E-state index in [-0.39, 0.29) is 33.9 Å². The van der Waals surface area contributed by atoms with E-state index in [0.717, 1.165) is 56.6 Å². The smallest absolute Gasteiger partial charge is 0.293 e. The van der Waals surface area contributed by atoms with E-state index in [1.54, 1.807) is 0 Å². The van der Waals surface area contributed by atoms with Gasteiger partial charge in [-0.15, -0.1) is 0 Å². The third-order valence-corrected chi connectivity index (χ3v) is 12.3. The molecule has 2 aromatic rings. The summed E-state index contributed by atoms with van der Waals surface area (Å²) in [7, 11) is -4.42. The Kier molecular flexibility index (Phi) is 9.80. The summed E-state index contributed by atoms with van der Waals surface area (Å²) in [6.45, 7) is 0.942. The van der Waals surface area contributed by atoms with Crippen molar-refractivity contribution in [2.75, 3.05) is 11.9 Å². The SMILES string of the molecule is O=C(CC(NCc1ccccc1)C(=O)CC12CC3CC(CC(C3)C1)C2)NS(=O)(=O)c1ccc(NCC2CCCCC2)c([N+](=O)[O-])c1. The Morgan fingerprint density at radius 3 is 2.22 bits per heavy atom. The number of rotatable bonds is 14. The van der Waals surface area contributed by atoms with Gasteiger partial charge >= 0.3 is 0 Å². The van der Waals surface area contributed by atoms with Crippen LogP contribution in [0.15, 0.2) is 53.4 Å². The number of carbonyl (C=O) groups is 2. The molecule has 0 spiro atoms. The summed E-state index contributed by atoms with van der Waals surface area (Å²) in [5, 5.41) is 18.3. The Labute approximate surface area is 271 Å². The molecule has 10 nitrogen and oxygen atoms in total. The van der Waals surface area contributed by atoms with Crippen molar-refractivity contribution in [1.29, 1.82) is 0 Å². The molecule has 5 fully saturated rings. The first-order chi connectivity index (χ1) is 22.1. The summed E-state index contributed by atoms with van der Waals surface area (Å²) in [5.41, 5.74) is 0.820. The molecular formula is C35H46N4O6S. The number of sulfonamides is 1. The monoisotopic (exact) mass is 650 g/mol. The second-order valence-electron chi connectivity index (χ2n) is 14.5. The lowest BCUT2D eigenvalue weighted by Gasteiger charge is -2.57. The number of benzene rings is 2. The maximum atomic E-state index is 13.9. The Bertz CT molecular complexity index is 1500. The summed E-state index contributed by atoms with van der Waals surface area (Å²) < 4.78 is 28.6. The van der Waals surface area contributed by atoms with E-state index < -0.39 is 26.9 Å². The number of carbonyl (C=O) groups excluding carboxylic acids is 2. The van der Waals surface area contributed by atoms with Gasteiger partial charge < -0.3 is 10.6 Å². The Morgan fingerprint density at radius 2 is 1.59 bits per heavy atom. The van der Waals surface area contributed by atoms with Gasteiger partial charge in [-0.05, 0) is 98.1 Å². The maximum Gasteiger partial charge on any atom is 0.293 e. The molecule has 11 heteroatoms. The molecule has 0 aromatic heterocycles. The summed E-state index contributed by atoms with van der Waals surface area (Å²) in [4.78, 5) is 38.0. The van der Waals surface area contributed by atoms with Crippen molar-refractivity contribution >= 4 is 33.1 Å². The zero-order chi connectivity index (χ0) is 32.3. The van der Waals surface area contributed by atoms with Crippen LogP contribution >= 0.6 is 0 Å². The average molecular weight is 651 g/mol. The van der Waals surface area contributed by atoms with E-state index in [9.17, 15) is 28.1 Å². The molecule has 46 heavy (non-hydrogen) atoms. The highest BCUT2D eigenvalue weighted by Crippen LogP contribution is 2.61. The first-order valence-electron chi connectivity index (χ1n) is 17.0. The van der Waals surface area contributed by atoms with Gasteiger partial charge in [-0.2, -0.15) is 0 Å². The molecular weight excluding hydrogens is 604 g/mol. The van der Waals surface area contributed by atoms with Crippen LogP contribution in [0.25, 0.3) is 0 Å². The minimum atomic E-state index is -4.42. The Hall–Kier alpha value is -3.31. The van der Waals surface area contributed by atoms with E-state index in [1.165, 1.54) is 37.8 Å². The van der Waals surface area contributed by atoms with Crippen molar-refractivity contribution in [3.05, 3.63) is 64.2 Å². The van der Waals surface area contributed by atoms with Crippen molar-refractivity contribution in [2.45, 2.75) is 101 Å². The number of nitrogens with zero attached hydrogens (tertiary/aromatic N) is 1. The number of nitro groups is 1. The molecule has 3 N–H and O–H groups in total. The van der Waals surface area contributed by atoms with Crippen molar-refractivity contribution < 1.29 is 22.9 Å². The molecule has 0 heterocycles. The summed E-state index contributed by atoms with van der Waals surface area (Å²) in [6, 6.07) is 12.4. The molecule has 5 aliphatic carbocycles. The lowest BCUT2D eigenvalue weighted by Crippen LogP contribution is -2.49. The Morgan fingerprint density at radius 1 is 0.935 bits per heavy atom. The Balaban J connectivity index is 1.13. The van der Waals surface area contributed by atoms with Crippen LogP contribution in [0, 0.1) is 39.2 Å². The fourth-order valence-electron chi connectivity index (χ4n) is 9.20. The van der Waals surface area contributed by atoms with Crippen molar-refractivity contribution in [3.63, 3.8) is 0 Å². The summed E-state index contributed by atoms with van der Waals surface area (Å²) >= 11 is 0. The highest BCUT2D eigenvalue weighted by atomic mass is 32.2. The molecule has 0 radical (unpaired) electrons. The number of ketones is 1. The van der Waals surface area contributed by atoms with Crippen LogP contribution in [0.5, 0.6) is 0 Å². The van der Waals surface area contributed by atoms with Gasteiger partial charge in [-0.25, -0.2) is 13.1 Å². The number of Topliss-reactive ketones (excluding diaryl/α,β-unsaturated/α-hetero) is 1. The predicted molar refractivity (Wildman–Crippen MR) is 175 cm³/mol. The first kappa shape index (κ1) is 32.6. The third-order valence-electron chi connectivity index (χ3n) is 10.9. The fourth-order valence-corrected chi connectivity index (χ4v) is 10.2. The van der Waals surface area contributed by atoms with Gasteiger partial charge in [0.25, 0.3) is 15.7 Å². The molecule has 1 unspecified atom stereocenters. The molecule has 248 valence electrons. The van der Waals surface area contributed by atoms with Crippen LogP contribution in [-0.4, -0.2) is 37.6 Å². The minimum Gasteiger partial charge on any atom is -0.379 e. The highest BCUT2D eigenvalue weighted by Gasteiger charge is 2.51. The molecule has 5 saturated carbocycles.